The minimum atomic E-state index is -0.847. The fourth-order valence-corrected chi connectivity index (χ4v) is 4.31. The zero-order valence-electron chi connectivity index (χ0n) is 21.1. The van der Waals surface area contributed by atoms with Gasteiger partial charge in [-0.2, -0.15) is 5.10 Å². The summed E-state index contributed by atoms with van der Waals surface area (Å²) in [6.45, 7) is 5.19. The van der Waals surface area contributed by atoms with Gasteiger partial charge in [0, 0.05) is 25.1 Å². The Morgan fingerprint density at radius 2 is 1.95 bits per heavy atom. The predicted octanol–water partition coefficient (Wildman–Crippen LogP) is 4.52. The molecular weight excluding hydrogens is 502 g/mol. The smallest absolute Gasteiger partial charge is 0.269 e. The highest BCUT2D eigenvalue weighted by Crippen LogP contribution is 2.31. The zero-order chi connectivity index (χ0) is 26.5. The molecule has 5 rings (SSSR count). The first-order valence-electron chi connectivity index (χ1n) is 12.4. The normalized spacial score (nSPS) is 11.9. The molecule has 0 saturated heterocycles. The lowest BCUT2D eigenvalue weighted by atomic mass is 10.1. The first-order chi connectivity index (χ1) is 18.6. The Morgan fingerprint density at radius 3 is 2.68 bits per heavy atom. The van der Waals surface area contributed by atoms with E-state index in [1.165, 1.54) is 0 Å². The number of hydrogen-bond donors (Lipinski definition) is 1. The molecule has 0 bridgehead atoms. The van der Waals surface area contributed by atoms with Crippen LogP contribution in [0.5, 0.6) is 5.75 Å². The van der Waals surface area contributed by atoms with Gasteiger partial charge in [0.15, 0.2) is 11.8 Å². The number of ether oxygens (including phenoxy) is 2. The van der Waals surface area contributed by atoms with Crippen LogP contribution in [0.2, 0.25) is 0 Å². The van der Waals surface area contributed by atoms with Crippen molar-refractivity contribution in [3.05, 3.63) is 89.1 Å². The van der Waals surface area contributed by atoms with Gasteiger partial charge in [0.05, 0.1) is 17.9 Å². The Hall–Kier alpha value is -4.38. The standard InChI is InChI=1S/C27H27N7O3S/c1-3-14-34-25-21(26(35)31-24(30-25)18-9-5-6-11-20(18)36-16-4-2)22(32-34)23(19-10-7-8-12-29-19)37-27(38)33-15-13-28-17-33/h5-13,15,17,23H,3-4,14,16H2,1-2H3,(H,30,31,35). The first kappa shape index (κ1) is 25.3. The SMILES string of the molecule is CCCOc1ccccc1-c1nc2c(c(C(OC(=S)n3ccnc3)c3ccccn3)nn2CCC)c(=O)[nH]1. The Kier molecular flexibility index (Phi) is 7.55. The molecule has 0 aliphatic heterocycles. The van der Waals surface area contributed by atoms with Crippen LogP contribution in [0, 0.1) is 0 Å². The third-order valence-electron chi connectivity index (χ3n) is 5.81. The summed E-state index contributed by atoms with van der Waals surface area (Å²) in [5.74, 6) is 1.06. The number of nitrogens with one attached hydrogen (secondary N) is 1. The van der Waals surface area contributed by atoms with E-state index in [0.29, 0.717) is 52.7 Å². The van der Waals surface area contributed by atoms with Gasteiger partial charge in [0.1, 0.15) is 29.0 Å². The van der Waals surface area contributed by atoms with Crippen LogP contribution in [0.15, 0.2) is 72.2 Å². The van der Waals surface area contributed by atoms with Crippen molar-refractivity contribution in [3.8, 4) is 17.1 Å². The van der Waals surface area contributed by atoms with Crippen molar-refractivity contribution in [2.24, 2.45) is 0 Å². The number of para-hydroxylation sites is 1. The van der Waals surface area contributed by atoms with Crippen LogP contribution in [-0.4, -0.2) is 46.1 Å². The van der Waals surface area contributed by atoms with Gasteiger partial charge in [0.2, 0.25) is 0 Å². The highest BCUT2D eigenvalue weighted by atomic mass is 32.1. The van der Waals surface area contributed by atoms with Crippen LogP contribution in [0.3, 0.4) is 0 Å². The molecule has 11 heteroatoms. The number of nitrogens with zero attached hydrogens (tertiary/aromatic N) is 6. The van der Waals surface area contributed by atoms with E-state index in [0.717, 1.165) is 12.8 Å². The van der Waals surface area contributed by atoms with Crippen molar-refractivity contribution in [1.82, 2.24) is 34.3 Å². The van der Waals surface area contributed by atoms with Crippen LogP contribution in [-0.2, 0) is 11.3 Å². The summed E-state index contributed by atoms with van der Waals surface area (Å²) < 4.78 is 15.4. The number of pyridine rings is 1. The number of imidazole rings is 1. The summed E-state index contributed by atoms with van der Waals surface area (Å²) in [4.78, 5) is 30.0. The summed E-state index contributed by atoms with van der Waals surface area (Å²) in [5, 5.41) is 5.28. The maximum absolute atomic E-state index is 13.7. The summed E-state index contributed by atoms with van der Waals surface area (Å²) in [6, 6.07) is 13.0. The highest BCUT2D eigenvalue weighted by molar-refractivity contribution is 7.80. The Bertz CT molecular complexity index is 1600. The molecule has 194 valence electrons. The largest absolute Gasteiger partial charge is 0.493 e. The minimum absolute atomic E-state index is 0.152. The van der Waals surface area contributed by atoms with Gasteiger partial charge in [-0.1, -0.05) is 32.0 Å². The fraction of sp³-hybridized carbons (Fsp3) is 0.259. The molecule has 1 aromatic carbocycles. The second-order valence-corrected chi connectivity index (χ2v) is 8.90. The third-order valence-corrected chi connectivity index (χ3v) is 6.11. The Labute approximate surface area is 224 Å². The topological polar surface area (TPSA) is 113 Å². The van der Waals surface area contributed by atoms with Gasteiger partial charge in [-0.15, -0.1) is 0 Å². The molecule has 0 radical (unpaired) electrons. The van der Waals surface area contributed by atoms with Gasteiger partial charge in [-0.25, -0.2) is 14.6 Å². The Morgan fingerprint density at radius 1 is 1.11 bits per heavy atom. The molecule has 10 nitrogen and oxygen atoms in total. The number of aromatic nitrogens is 7. The van der Waals surface area contributed by atoms with Crippen molar-refractivity contribution >= 4 is 28.4 Å². The number of aromatic amines is 1. The Balaban J connectivity index is 1.67. The molecule has 4 heterocycles. The molecule has 0 fully saturated rings. The number of rotatable bonds is 9. The van der Waals surface area contributed by atoms with Gasteiger partial charge < -0.3 is 14.5 Å². The number of fused-ring (bicyclic) bond motifs is 1. The third kappa shape index (κ3) is 5.05. The van der Waals surface area contributed by atoms with E-state index in [9.17, 15) is 4.79 Å². The van der Waals surface area contributed by atoms with E-state index >= 15 is 0 Å². The van der Waals surface area contributed by atoms with E-state index in [2.05, 4.69) is 15.0 Å². The minimum Gasteiger partial charge on any atom is -0.493 e. The van der Waals surface area contributed by atoms with Crippen LogP contribution in [0.4, 0.5) is 0 Å². The average Bonchev–Trinajstić information content (AvgIpc) is 3.61. The number of thiocarbonyl (C=S) groups is 1. The molecule has 4 aromatic heterocycles. The number of aryl methyl sites for hydroxylation is 1. The predicted molar refractivity (Wildman–Crippen MR) is 147 cm³/mol. The number of hydrogen-bond acceptors (Lipinski definition) is 8. The van der Waals surface area contributed by atoms with E-state index in [1.807, 2.05) is 50.2 Å². The van der Waals surface area contributed by atoms with Crippen LogP contribution < -0.4 is 10.3 Å². The van der Waals surface area contributed by atoms with E-state index in [4.69, 9.17) is 31.8 Å². The molecule has 0 amide bonds. The summed E-state index contributed by atoms with van der Waals surface area (Å²) in [7, 11) is 0. The quantitative estimate of drug-likeness (QED) is 0.278. The molecule has 0 aliphatic carbocycles. The summed E-state index contributed by atoms with van der Waals surface area (Å²) in [6.07, 6.45) is 7.30. The van der Waals surface area contributed by atoms with Gasteiger partial charge in [-0.05, 0) is 49.3 Å². The number of H-pyrrole nitrogens is 1. The summed E-state index contributed by atoms with van der Waals surface area (Å²) >= 11 is 5.52. The lowest BCUT2D eigenvalue weighted by molar-refractivity contribution is 0.220. The molecule has 0 spiro atoms. The first-order valence-corrected chi connectivity index (χ1v) is 12.8. The van der Waals surface area contributed by atoms with Crippen LogP contribution >= 0.6 is 12.2 Å². The monoisotopic (exact) mass is 529 g/mol. The lowest BCUT2D eigenvalue weighted by Crippen LogP contribution is -2.20. The average molecular weight is 530 g/mol. The van der Waals surface area contributed by atoms with E-state index < -0.39 is 6.10 Å². The second kappa shape index (κ2) is 11.3. The van der Waals surface area contributed by atoms with Crippen LogP contribution in [0.1, 0.15) is 44.2 Å². The summed E-state index contributed by atoms with van der Waals surface area (Å²) in [5.41, 5.74) is 1.74. The molecule has 5 aromatic rings. The number of benzene rings is 1. The highest BCUT2D eigenvalue weighted by Gasteiger charge is 2.29. The van der Waals surface area contributed by atoms with Crippen molar-refractivity contribution < 1.29 is 9.47 Å². The lowest BCUT2D eigenvalue weighted by Gasteiger charge is -2.17. The molecule has 1 unspecified atom stereocenters. The van der Waals surface area contributed by atoms with Crippen molar-refractivity contribution in [2.75, 3.05) is 6.61 Å². The van der Waals surface area contributed by atoms with Crippen LogP contribution in [0.25, 0.3) is 22.4 Å². The molecule has 1 atom stereocenters. The van der Waals surface area contributed by atoms with Crippen molar-refractivity contribution in [1.29, 1.82) is 0 Å². The van der Waals surface area contributed by atoms with Gasteiger partial charge >= 0.3 is 0 Å². The van der Waals surface area contributed by atoms with Crippen molar-refractivity contribution in [3.63, 3.8) is 0 Å². The fourth-order valence-electron chi connectivity index (χ4n) is 4.10. The molecule has 1 N–H and O–H groups in total. The van der Waals surface area contributed by atoms with Crippen molar-refractivity contribution in [2.45, 2.75) is 39.3 Å². The van der Waals surface area contributed by atoms with Gasteiger partial charge in [0.25, 0.3) is 10.7 Å². The van der Waals surface area contributed by atoms with E-state index in [-0.39, 0.29) is 10.7 Å². The molecular formula is C27H27N7O3S. The molecule has 0 aliphatic rings. The molecule has 38 heavy (non-hydrogen) atoms. The maximum Gasteiger partial charge on any atom is 0.269 e. The zero-order valence-corrected chi connectivity index (χ0v) is 21.9. The molecule has 0 saturated carbocycles. The maximum atomic E-state index is 13.7. The van der Waals surface area contributed by atoms with Gasteiger partial charge in [-0.3, -0.25) is 14.3 Å². The second-order valence-electron chi connectivity index (χ2n) is 8.55. The van der Waals surface area contributed by atoms with E-state index in [1.54, 1.807) is 40.2 Å².